The number of fused-ring (bicyclic) bond motifs is 1. The van der Waals surface area contributed by atoms with Gasteiger partial charge in [0, 0.05) is 25.8 Å². The molecule has 2 heteroatoms. The maximum Gasteiger partial charge on any atom is 0.0367 e. The van der Waals surface area contributed by atoms with Crippen molar-refractivity contribution in [3.05, 3.63) is 42.0 Å². The first kappa shape index (κ1) is 11.5. The molecule has 18 heavy (non-hydrogen) atoms. The third-order valence-electron chi connectivity index (χ3n) is 3.83. The van der Waals surface area contributed by atoms with Crippen molar-refractivity contribution in [1.82, 2.24) is 5.32 Å². The van der Waals surface area contributed by atoms with Crippen LogP contribution in [0.2, 0.25) is 0 Å². The van der Waals surface area contributed by atoms with Gasteiger partial charge in [-0.2, -0.15) is 0 Å². The van der Waals surface area contributed by atoms with Crippen LogP contribution in [0.4, 0.5) is 5.69 Å². The predicted octanol–water partition coefficient (Wildman–Crippen LogP) is 3.33. The highest BCUT2D eigenvalue weighted by atomic mass is 15.1. The summed E-state index contributed by atoms with van der Waals surface area (Å²) in [7, 11) is 4.16. The summed E-state index contributed by atoms with van der Waals surface area (Å²) in [5.41, 5.74) is 2.69. The maximum atomic E-state index is 3.56. The number of anilines is 1. The summed E-state index contributed by atoms with van der Waals surface area (Å²) >= 11 is 0. The Kier molecular flexibility index (Phi) is 2.96. The minimum Gasteiger partial charge on any atom is -0.378 e. The van der Waals surface area contributed by atoms with Gasteiger partial charge in [-0.25, -0.2) is 0 Å². The molecular weight excluding hydrogens is 220 g/mol. The van der Waals surface area contributed by atoms with Gasteiger partial charge in [0.15, 0.2) is 0 Å². The fourth-order valence-electron chi connectivity index (χ4n) is 2.72. The second-order valence-electron chi connectivity index (χ2n) is 5.33. The molecule has 1 saturated heterocycles. The predicted molar refractivity (Wildman–Crippen MR) is 78.3 cm³/mol. The molecule has 1 aliphatic rings. The molecule has 1 heterocycles. The van der Waals surface area contributed by atoms with Gasteiger partial charge in [-0.05, 0) is 53.9 Å². The second kappa shape index (κ2) is 4.62. The Morgan fingerprint density at radius 1 is 1.06 bits per heavy atom. The van der Waals surface area contributed by atoms with E-state index in [0.717, 1.165) is 6.54 Å². The van der Waals surface area contributed by atoms with E-state index in [-0.39, 0.29) is 0 Å². The first-order valence-electron chi connectivity index (χ1n) is 6.68. The van der Waals surface area contributed by atoms with Gasteiger partial charge in [0.1, 0.15) is 0 Å². The number of nitrogens with one attached hydrogen (secondary N) is 1. The molecule has 0 radical (unpaired) electrons. The molecule has 1 fully saturated rings. The first-order chi connectivity index (χ1) is 8.74. The van der Waals surface area contributed by atoms with Crippen LogP contribution in [0, 0.1) is 0 Å². The summed E-state index contributed by atoms with van der Waals surface area (Å²) in [5, 5.41) is 6.22. The van der Waals surface area contributed by atoms with Crippen LogP contribution in [0.3, 0.4) is 0 Å². The van der Waals surface area contributed by atoms with Crippen molar-refractivity contribution in [2.45, 2.75) is 18.9 Å². The molecule has 1 N–H and O–H groups in total. The van der Waals surface area contributed by atoms with E-state index in [2.05, 4.69) is 60.7 Å². The number of hydrogen-bond acceptors (Lipinski definition) is 2. The molecule has 1 unspecified atom stereocenters. The van der Waals surface area contributed by atoms with E-state index >= 15 is 0 Å². The van der Waals surface area contributed by atoms with Crippen molar-refractivity contribution < 1.29 is 0 Å². The molecule has 0 amide bonds. The van der Waals surface area contributed by atoms with E-state index in [4.69, 9.17) is 0 Å². The third-order valence-corrected chi connectivity index (χ3v) is 3.83. The van der Waals surface area contributed by atoms with Gasteiger partial charge in [-0.1, -0.05) is 18.2 Å². The Bertz CT molecular complexity index is 554. The lowest BCUT2D eigenvalue weighted by molar-refractivity contribution is 0.648. The van der Waals surface area contributed by atoms with E-state index in [0.29, 0.717) is 6.04 Å². The summed E-state index contributed by atoms with van der Waals surface area (Å²) in [6.45, 7) is 1.16. The monoisotopic (exact) mass is 240 g/mol. The molecule has 2 aromatic carbocycles. The Labute approximate surface area is 109 Å². The van der Waals surface area contributed by atoms with Crippen LogP contribution in [-0.2, 0) is 0 Å². The zero-order chi connectivity index (χ0) is 12.5. The Balaban J connectivity index is 1.99. The van der Waals surface area contributed by atoms with Crippen LogP contribution in [0.1, 0.15) is 24.4 Å². The van der Waals surface area contributed by atoms with E-state index in [1.807, 2.05) is 0 Å². The Hall–Kier alpha value is -1.54. The van der Waals surface area contributed by atoms with Crippen molar-refractivity contribution in [2.24, 2.45) is 0 Å². The van der Waals surface area contributed by atoms with Gasteiger partial charge in [-0.3, -0.25) is 0 Å². The third kappa shape index (κ3) is 2.08. The molecule has 3 rings (SSSR count). The molecule has 0 saturated carbocycles. The number of hydrogen-bond donors (Lipinski definition) is 1. The molecule has 1 atom stereocenters. The van der Waals surface area contributed by atoms with Gasteiger partial charge < -0.3 is 10.2 Å². The normalized spacial score (nSPS) is 19.3. The minimum absolute atomic E-state index is 0.558. The molecular formula is C16H20N2. The summed E-state index contributed by atoms with van der Waals surface area (Å²) in [4.78, 5) is 2.14. The number of benzene rings is 2. The van der Waals surface area contributed by atoms with E-state index in [9.17, 15) is 0 Å². The Morgan fingerprint density at radius 3 is 2.56 bits per heavy atom. The Morgan fingerprint density at radius 2 is 1.83 bits per heavy atom. The highest BCUT2D eigenvalue weighted by Crippen LogP contribution is 2.28. The number of nitrogens with zero attached hydrogens (tertiary/aromatic N) is 1. The number of rotatable bonds is 2. The van der Waals surface area contributed by atoms with Crippen LogP contribution in [0.15, 0.2) is 36.4 Å². The fraction of sp³-hybridized carbons (Fsp3) is 0.375. The molecule has 2 nitrogen and oxygen atoms in total. The lowest BCUT2D eigenvalue weighted by atomic mass is 10.0. The SMILES string of the molecule is CN(C)c1ccc2cc(C3CCCN3)ccc2c1. The zero-order valence-corrected chi connectivity index (χ0v) is 11.1. The van der Waals surface area contributed by atoms with Crippen LogP contribution in [-0.4, -0.2) is 20.6 Å². The zero-order valence-electron chi connectivity index (χ0n) is 11.1. The fourth-order valence-corrected chi connectivity index (χ4v) is 2.72. The van der Waals surface area contributed by atoms with Gasteiger partial charge >= 0.3 is 0 Å². The van der Waals surface area contributed by atoms with Gasteiger partial charge in [-0.15, -0.1) is 0 Å². The molecule has 0 bridgehead atoms. The van der Waals surface area contributed by atoms with E-state index < -0.39 is 0 Å². The smallest absolute Gasteiger partial charge is 0.0367 e. The minimum atomic E-state index is 0.558. The molecule has 0 aliphatic carbocycles. The molecule has 2 aromatic rings. The largest absolute Gasteiger partial charge is 0.378 e. The van der Waals surface area contributed by atoms with Crippen molar-refractivity contribution >= 4 is 16.5 Å². The van der Waals surface area contributed by atoms with Crippen LogP contribution < -0.4 is 10.2 Å². The van der Waals surface area contributed by atoms with Crippen molar-refractivity contribution in [2.75, 3.05) is 25.5 Å². The highest BCUT2D eigenvalue weighted by Gasteiger charge is 2.16. The standard InChI is InChI=1S/C16H20N2/c1-18(2)15-8-7-12-10-14(6-5-13(12)11-15)16-4-3-9-17-16/h5-8,10-11,16-17H,3-4,9H2,1-2H3. The van der Waals surface area contributed by atoms with Crippen LogP contribution in [0.5, 0.6) is 0 Å². The van der Waals surface area contributed by atoms with Crippen LogP contribution in [0.25, 0.3) is 10.8 Å². The second-order valence-corrected chi connectivity index (χ2v) is 5.33. The maximum absolute atomic E-state index is 3.56. The average Bonchev–Trinajstić information content (AvgIpc) is 2.91. The average molecular weight is 240 g/mol. The van der Waals surface area contributed by atoms with Gasteiger partial charge in [0.2, 0.25) is 0 Å². The van der Waals surface area contributed by atoms with Crippen molar-refractivity contribution in [3.8, 4) is 0 Å². The van der Waals surface area contributed by atoms with Crippen LogP contribution >= 0.6 is 0 Å². The molecule has 0 aromatic heterocycles. The first-order valence-corrected chi connectivity index (χ1v) is 6.68. The quantitative estimate of drug-likeness (QED) is 0.866. The lowest BCUT2D eigenvalue weighted by Gasteiger charge is -2.15. The topological polar surface area (TPSA) is 15.3 Å². The summed E-state index contributed by atoms with van der Waals surface area (Å²) in [6.07, 6.45) is 2.56. The van der Waals surface area contributed by atoms with Gasteiger partial charge in [0.25, 0.3) is 0 Å². The molecule has 0 spiro atoms. The van der Waals surface area contributed by atoms with Gasteiger partial charge in [0.05, 0.1) is 0 Å². The summed E-state index contributed by atoms with van der Waals surface area (Å²) < 4.78 is 0. The van der Waals surface area contributed by atoms with Crippen molar-refractivity contribution in [1.29, 1.82) is 0 Å². The van der Waals surface area contributed by atoms with E-state index in [1.54, 1.807) is 0 Å². The molecule has 94 valence electrons. The summed E-state index contributed by atoms with van der Waals surface area (Å²) in [5.74, 6) is 0. The molecule has 1 aliphatic heterocycles. The van der Waals surface area contributed by atoms with Crippen molar-refractivity contribution in [3.63, 3.8) is 0 Å². The summed E-state index contributed by atoms with van der Waals surface area (Å²) in [6, 6.07) is 14.1. The lowest BCUT2D eigenvalue weighted by Crippen LogP contribution is -2.12. The van der Waals surface area contributed by atoms with E-state index in [1.165, 1.54) is 34.9 Å². The highest BCUT2D eigenvalue weighted by molar-refractivity contribution is 5.86.